The molecule has 3 aromatic carbocycles. The zero-order valence-electron chi connectivity index (χ0n) is 34.2. The predicted molar refractivity (Wildman–Crippen MR) is 226 cm³/mol. The largest absolute Gasteiger partial charge is 0.457 e. The number of benzene rings is 3. The Morgan fingerprint density at radius 3 is 2.41 bits per heavy atom. The predicted octanol–water partition coefficient (Wildman–Crippen LogP) is 3.47. The number of likely N-dealkylation sites (tertiary alicyclic amines) is 1. The minimum atomic E-state index is -1.05. The van der Waals surface area contributed by atoms with Gasteiger partial charge in [-0.2, -0.15) is 5.10 Å². The Kier molecular flexibility index (Phi) is 11.4. The van der Waals surface area contributed by atoms with E-state index in [-0.39, 0.29) is 60.7 Å². The quantitative estimate of drug-likeness (QED) is 0.0926. The van der Waals surface area contributed by atoms with Crippen LogP contribution in [0.25, 0.3) is 11.3 Å². The van der Waals surface area contributed by atoms with E-state index in [0.29, 0.717) is 61.2 Å². The number of ether oxygens (including phenoxy) is 2. The van der Waals surface area contributed by atoms with E-state index >= 15 is 0 Å². The molecule has 1 unspecified atom stereocenters. The van der Waals surface area contributed by atoms with E-state index in [9.17, 15) is 28.8 Å². The van der Waals surface area contributed by atoms with Crippen LogP contribution >= 0.6 is 0 Å². The van der Waals surface area contributed by atoms with Gasteiger partial charge in [0.25, 0.3) is 23.6 Å². The van der Waals surface area contributed by atoms with Crippen molar-refractivity contribution in [2.45, 2.75) is 50.7 Å². The standard InChI is InChI=1S/C44H45N11O8/c45-39(57)37-38(27-9-11-29(12-10-27)63-28-5-2-1-3-6-28)50-55-33(15-18-47-40(37)55)26-16-20-52(21-17-26)43(60)32-25-53(51-49-32)22-24-62-23-19-46-31-8-4-7-30-36(31)44(61)54(42(30)59)34-13-14-35(56)48-41(34)58/h1-12,25-26,33-34,46-47H,13-24H2,(H2,45,57)(H,48,56,58)/t33-,34?/m0/s1. The van der Waals surface area contributed by atoms with E-state index in [1.54, 1.807) is 27.9 Å². The normalized spacial score (nSPS) is 18.7. The number of nitrogens with one attached hydrogen (secondary N) is 3. The second-order valence-corrected chi connectivity index (χ2v) is 15.8. The summed E-state index contributed by atoms with van der Waals surface area (Å²) < 4.78 is 15.2. The molecule has 19 nitrogen and oxygen atoms in total. The maximum absolute atomic E-state index is 13.5. The van der Waals surface area contributed by atoms with Crippen molar-refractivity contribution in [3.05, 3.63) is 101 Å². The van der Waals surface area contributed by atoms with Crippen molar-refractivity contribution in [2.75, 3.05) is 50.0 Å². The first-order valence-electron chi connectivity index (χ1n) is 21.0. The summed E-state index contributed by atoms with van der Waals surface area (Å²) in [6.45, 7) is 2.93. The van der Waals surface area contributed by atoms with Gasteiger partial charge in [-0.15, -0.1) is 5.10 Å². The fourth-order valence-corrected chi connectivity index (χ4v) is 8.82. The molecular weight excluding hydrogens is 811 g/mol. The van der Waals surface area contributed by atoms with Gasteiger partial charge < -0.3 is 30.7 Å². The average molecular weight is 856 g/mol. The van der Waals surface area contributed by atoms with E-state index in [1.165, 1.54) is 6.07 Å². The third-order valence-electron chi connectivity index (χ3n) is 11.9. The molecule has 5 aromatic rings. The minimum absolute atomic E-state index is 0.0117. The Morgan fingerprint density at radius 1 is 0.873 bits per heavy atom. The van der Waals surface area contributed by atoms with Gasteiger partial charge in [0, 0.05) is 43.9 Å². The third-order valence-corrected chi connectivity index (χ3v) is 11.9. The molecule has 2 saturated heterocycles. The molecule has 0 spiro atoms. The average Bonchev–Trinajstić information content (AvgIpc) is 4.00. The molecule has 63 heavy (non-hydrogen) atoms. The van der Waals surface area contributed by atoms with Crippen molar-refractivity contribution in [3.8, 4) is 22.8 Å². The number of para-hydroxylation sites is 1. The van der Waals surface area contributed by atoms with Gasteiger partial charge in [0.15, 0.2) is 5.69 Å². The fourth-order valence-electron chi connectivity index (χ4n) is 8.82. The Labute approximate surface area is 360 Å². The smallest absolute Gasteiger partial charge is 0.276 e. The van der Waals surface area contributed by atoms with Crippen LogP contribution in [0.3, 0.4) is 0 Å². The Bertz CT molecular complexity index is 2580. The first kappa shape index (κ1) is 41.0. The first-order valence-corrected chi connectivity index (χ1v) is 21.0. The molecule has 2 aromatic heterocycles. The summed E-state index contributed by atoms with van der Waals surface area (Å²) in [6.07, 6.45) is 4.02. The molecule has 5 N–H and O–H groups in total. The molecule has 324 valence electrons. The highest BCUT2D eigenvalue weighted by Crippen LogP contribution is 2.40. The number of piperidine rings is 2. The molecule has 6 heterocycles. The van der Waals surface area contributed by atoms with Crippen LogP contribution in [0.2, 0.25) is 0 Å². The molecule has 9 rings (SSSR count). The number of hydrogen-bond donors (Lipinski definition) is 4. The molecule has 0 bridgehead atoms. The number of imide groups is 2. The molecule has 2 fully saturated rings. The molecular formula is C44H45N11O8. The Hall–Kier alpha value is -7.41. The van der Waals surface area contributed by atoms with Crippen molar-refractivity contribution >= 4 is 46.9 Å². The van der Waals surface area contributed by atoms with Crippen molar-refractivity contribution < 1.29 is 38.2 Å². The lowest BCUT2D eigenvalue weighted by Gasteiger charge is -2.38. The van der Waals surface area contributed by atoms with Crippen LogP contribution in [-0.2, 0) is 20.9 Å². The molecule has 6 amide bonds. The number of hydrogen-bond acceptors (Lipinski definition) is 13. The summed E-state index contributed by atoms with van der Waals surface area (Å²) in [6, 6.07) is 20.7. The lowest BCUT2D eigenvalue weighted by molar-refractivity contribution is -0.136. The maximum Gasteiger partial charge on any atom is 0.276 e. The number of nitrogens with two attached hydrogens (primary N) is 1. The Balaban J connectivity index is 0.749. The number of aromatic nitrogens is 5. The Morgan fingerprint density at radius 2 is 1.65 bits per heavy atom. The highest BCUT2D eigenvalue weighted by atomic mass is 16.5. The maximum atomic E-state index is 13.5. The van der Waals surface area contributed by atoms with E-state index in [4.69, 9.17) is 20.3 Å². The van der Waals surface area contributed by atoms with E-state index < -0.39 is 35.6 Å². The number of primary amides is 1. The molecule has 0 saturated carbocycles. The molecule has 4 aliphatic heterocycles. The van der Waals surface area contributed by atoms with Crippen molar-refractivity contribution in [3.63, 3.8) is 0 Å². The SMILES string of the molecule is NC(=O)c1c(-c2ccc(Oc3ccccc3)cc2)nn2c1NCC[C@H]2C1CCN(C(=O)c2cn(CCOCCNc3cccc4c3C(=O)N(C3CCC(=O)NC3=O)C4=O)nn2)CC1. The summed E-state index contributed by atoms with van der Waals surface area (Å²) in [5, 5.41) is 21.9. The topological polar surface area (TPSA) is 238 Å². The summed E-state index contributed by atoms with van der Waals surface area (Å²) in [5.41, 5.74) is 8.59. The summed E-state index contributed by atoms with van der Waals surface area (Å²) in [7, 11) is 0. The molecule has 0 aliphatic carbocycles. The van der Waals surface area contributed by atoms with Crippen molar-refractivity contribution in [1.29, 1.82) is 0 Å². The van der Waals surface area contributed by atoms with Crippen LogP contribution in [0.15, 0.2) is 79.0 Å². The number of carbonyl (C=O) groups is 6. The molecule has 2 atom stereocenters. The zero-order valence-corrected chi connectivity index (χ0v) is 34.2. The van der Waals surface area contributed by atoms with Gasteiger partial charge in [0.1, 0.15) is 34.6 Å². The van der Waals surface area contributed by atoms with Crippen LogP contribution < -0.4 is 26.4 Å². The number of fused-ring (bicyclic) bond motifs is 2. The van der Waals surface area contributed by atoms with E-state index in [2.05, 4.69) is 26.3 Å². The van der Waals surface area contributed by atoms with E-state index in [0.717, 1.165) is 35.5 Å². The summed E-state index contributed by atoms with van der Waals surface area (Å²) in [4.78, 5) is 79.6. The second kappa shape index (κ2) is 17.5. The first-order chi connectivity index (χ1) is 30.6. The minimum Gasteiger partial charge on any atom is -0.457 e. The second-order valence-electron chi connectivity index (χ2n) is 15.8. The van der Waals surface area contributed by atoms with Gasteiger partial charge in [-0.3, -0.25) is 39.0 Å². The highest BCUT2D eigenvalue weighted by Gasteiger charge is 2.45. The van der Waals surface area contributed by atoms with E-state index in [1.807, 2.05) is 59.3 Å². The molecule has 0 radical (unpaired) electrons. The lowest BCUT2D eigenvalue weighted by Crippen LogP contribution is -2.54. The van der Waals surface area contributed by atoms with Gasteiger partial charge in [-0.05, 0) is 80.1 Å². The van der Waals surface area contributed by atoms with Gasteiger partial charge in [0.2, 0.25) is 11.8 Å². The van der Waals surface area contributed by atoms with Crippen molar-refractivity contribution in [1.82, 2.24) is 39.9 Å². The van der Waals surface area contributed by atoms with Crippen LogP contribution in [0, 0.1) is 5.92 Å². The monoisotopic (exact) mass is 855 g/mol. The van der Waals surface area contributed by atoms with Gasteiger partial charge in [-0.25, -0.2) is 9.36 Å². The van der Waals surface area contributed by atoms with Crippen LogP contribution in [0.4, 0.5) is 11.5 Å². The molecule has 4 aliphatic rings. The third kappa shape index (κ3) is 8.21. The number of carbonyl (C=O) groups excluding carboxylic acids is 6. The number of amides is 6. The number of rotatable bonds is 14. The van der Waals surface area contributed by atoms with Gasteiger partial charge in [-0.1, -0.05) is 29.5 Å². The summed E-state index contributed by atoms with van der Waals surface area (Å²) >= 11 is 0. The number of anilines is 2. The number of nitrogens with zero attached hydrogens (tertiary/aromatic N) is 7. The summed E-state index contributed by atoms with van der Waals surface area (Å²) in [5.74, 6) is -0.825. The van der Waals surface area contributed by atoms with Crippen LogP contribution in [0.5, 0.6) is 11.5 Å². The highest BCUT2D eigenvalue weighted by molar-refractivity contribution is 6.25. The molecule has 19 heteroatoms. The van der Waals surface area contributed by atoms with Gasteiger partial charge >= 0.3 is 0 Å². The zero-order chi connectivity index (χ0) is 43.6. The van der Waals surface area contributed by atoms with Crippen molar-refractivity contribution in [2.24, 2.45) is 11.7 Å². The van der Waals surface area contributed by atoms with Crippen LogP contribution in [-0.4, -0.2) is 115 Å². The fraction of sp³-hybridized carbons (Fsp3) is 0.341. The van der Waals surface area contributed by atoms with Crippen LogP contribution in [0.1, 0.15) is 79.7 Å². The lowest BCUT2D eigenvalue weighted by atomic mass is 9.86. The van der Waals surface area contributed by atoms with Gasteiger partial charge in [0.05, 0.1) is 43.1 Å².